The minimum atomic E-state index is -0.506. The van der Waals surface area contributed by atoms with Crippen LogP contribution in [0.2, 0.25) is 0 Å². The lowest BCUT2D eigenvalue weighted by atomic mass is 10.3. The maximum absolute atomic E-state index is 11.4. The van der Waals surface area contributed by atoms with Gasteiger partial charge in [0.05, 0.1) is 18.1 Å². The average molecular weight is 311 g/mol. The Kier molecular flexibility index (Phi) is 2.90. The summed E-state index contributed by atoms with van der Waals surface area (Å²) < 4.78 is 15.1. The highest BCUT2D eigenvalue weighted by Crippen LogP contribution is 2.26. The summed E-state index contributed by atoms with van der Waals surface area (Å²) >= 11 is 0. The number of ether oxygens (including phenoxy) is 1. The third kappa shape index (κ3) is 2.14. The van der Waals surface area contributed by atoms with Crippen LogP contribution in [-0.4, -0.2) is 38.2 Å². The van der Waals surface area contributed by atoms with Crippen molar-refractivity contribution in [1.82, 2.24) is 25.1 Å². The Balaban J connectivity index is 1.73. The number of rotatable bonds is 3. The first-order valence-electron chi connectivity index (χ1n) is 6.55. The molecule has 0 aliphatic rings. The van der Waals surface area contributed by atoms with Gasteiger partial charge in [-0.2, -0.15) is 4.98 Å². The van der Waals surface area contributed by atoms with E-state index >= 15 is 0 Å². The molecule has 0 fully saturated rings. The molecule has 0 aliphatic heterocycles. The van der Waals surface area contributed by atoms with Crippen LogP contribution in [0.1, 0.15) is 10.4 Å². The number of nitrogens with one attached hydrogen (secondary N) is 1. The molecule has 0 radical (unpaired) electrons. The maximum atomic E-state index is 11.4. The predicted molar refractivity (Wildman–Crippen MR) is 76.2 cm³/mol. The highest BCUT2D eigenvalue weighted by Gasteiger charge is 2.19. The number of furan rings is 1. The van der Waals surface area contributed by atoms with Gasteiger partial charge in [-0.1, -0.05) is 5.16 Å². The van der Waals surface area contributed by atoms with Crippen LogP contribution in [0.15, 0.2) is 39.9 Å². The van der Waals surface area contributed by atoms with Gasteiger partial charge in [0, 0.05) is 12.3 Å². The largest absolute Gasteiger partial charge is 0.465 e. The number of aromatic nitrogens is 5. The van der Waals surface area contributed by atoms with E-state index in [1.54, 1.807) is 6.20 Å². The Morgan fingerprint density at radius 2 is 2.26 bits per heavy atom. The molecule has 0 bridgehead atoms. The summed E-state index contributed by atoms with van der Waals surface area (Å²) in [6.45, 7) is 0. The number of hydrogen-bond donors (Lipinski definition) is 1. The quantitative estimate of drug-likeness (QED) is 0.571. The van der Waals surface area contributed by atoms with Gasteiger partial charge >= 0.3 is 5.97 Å². The molecule has 0 amide bonds. The fourth-order valence-corrected chi connectivity index (χ4v) is 2.14. The minimum absolute atomic E-state index is 0.206. The molecule has 0 saturated heterocycles. The minimum Gasteiger partial charge on any atom is -0.465 e. The summed E-state index contributed by atoms with van der Waals surface area (Å²) in [5, 5.41) is 4.61. The lowest BCUT2D eigenvalue weighted by molar-refractivity contribution is 0.0600. The van der Waals surface area contributed by atoms with Gasteiger partial charge in [-0.15, -0.1) is 0 Å². The highest BCUT2D eigenvalue weighted by molar-refractivity contribution is 5.90. The van der Waals surface area contributed by atoms with E-state index in [2.05, 4.69) is 29.8 Å². The number of methoxy groups -OCH3 is 1. The van der Waals surface area contributed by atoms with E-state index in [1.807, 2.05) is 6.07 Å². The standard InChI is InChI=1S/C14H9N5O4/c1-21-14(20)7-4-9(22-5-7)12-18-13(23-19-12)10-8-2-3-15-11(8)17-6-16-10/h2-6H,1H3,(H,15,16,17). The molecule has 9 nitrogen and oxygen atoms in total. The van der Waals surface area contributed by atoms with Crippen LogP contribution in [0, 0.1) is 0 Å². The van der Waals surface area contributed by atoms with E-state index in [9.17, 15) is 4.79 Å². The van der Waals surface area contributed by atoms with Gasteiger partial charge in [-0.3, -0.25) is 0 Å². The smallest absolute Gasteiger partial charge is 0.341 e. The van der Waals surface area contributed by atoms with Gasteiger partial charge in [0.15, 0.2) is 5.76 Å². The van der Waals surface area contributed by atoms with Gasteiger partial charge in [0.1, 0.15) is 23.9 Å². The molecule has 4 heterocycles. The van der Waals surface area contributed by atoms with Gasteiger partial charge in [-0.05, 0) is 6.07 Å². The van der Waals surface area contributed by atoms with Crippen molar-refractivity contribution < 1.29 is 18.5 Å². The average Bonchev–Trinajstić information content (AvgIpc) is 3.31. The molecule has 0 aliphatic carbocycles. The zero-order valence-corrected chi connectivity index (χ0v) is 11.8. The van der Waals surface area contributed by atoms with Gasteiger partial charge < -0.3 is 18.7 Å². The number of H-pyrrole nitrogens is 1. The first-order valence-corrected chi connectivity index (χ1v) is 6.55. The number of carbonyl (C=O) groups is 1. The van der Waals surface area contributed by atoms with Gasteiger partial charge in [-0.25, -0.2) is 14.8 Å². The van der Waals surface area contributed by atoms with Crippen molar-refractivity contribution in [3.05, 3.63) is 36.5 Å². The Hall–Kier alpha value is -3.49. The molecular weight excluding hydrogens is 302 g/mol. The third-order valence-electron chi connectivity index (χ3n) is 3.22. The summed E-state index contributed by atoms with van der Waals surface area (Å²) in [6.07, 6.45) is 4.42. The van der Waals surface area contributed by atoms with Gasteiger partial charge in [0.2, 0.25) is 5.82 Å². The predicted octanol–water partition coefficient (Wildman–Crippen LogP) is 2.05. The molecule has 0 atom stereocenters. The summed E-state index contributed by atoms with van der Waals surface area (Å²) in [5.41, 5.74) is 1.44. The second kappa shape index (κ2) is 5.05. The summed E-state index contributed by atoms with van der Waals surface area (Å²) in [5.74, 6) is 0.216. The van der Waals surface area contributed by atoms with E-state index in [1.165, 1.54) is 25.8 Å². The van der Waals surface area contributed by atoms with E-state index < -0.39 is 5.97 Å². The van der Waals surface area contributed by atoms with E-state index in [0.717, 1.165) is 5.39 Å². The van der Waals surface area contributed by atoms with Crippen molar-refractivity contribution in [2.45, 2.75) is 0 Å². The van der Waals surface area contributed by atoms with Crippen molar-refractivity contribution in [1.29, 1.82) is 0 Å². The Morgan fingerprint density at radius 3 is 3.13 bits per heavy atom. The number of fused-ring (bicyclic) bond motifs is 1. The number of hydrogen-bond acceptors (Lipinski definition) is 8. The van der Waals surface area contributed by atoms with Crippen molar-refractivity contribution in [2.75, 3.05) is 7.11 Å². The fraction of sp³-hybridized carbons (Fsp3) is 0.0714. The molecule has 4 rings (SSSR count). The number of nitrogens with zero attached hydrogens (tertiary/aromatic N) is 4. The summed E-state index contributed by atoms with van der Waals surface area (Å²) in [6, 6.07) is 3.29. The van der Waals surface area contributed by atoms with Crippen molar-refractivity contribution >= 4 is 17.0 Å². The third-order valence-corrected chi connectivity index (χ3v) is 3.22. The molecule has 0 spiro atoms. The maximum Gasteiger partial charge on any atom is 0.341 e. The van der Waals surface area contributed by atoms with Crippen LogP contribution in [0.5, 0.6) is 0 Å². The molecule has 0 unspecified atom stereocenters. The SMILES string of the molecule is COC(=O)c1coc(-c2noc(-c3ncnc4[nH]ccc34)n2)c1. The fourth-order valence-electron chi connectivity index (χ4n) is 2.14. The van der Waals surface area contributed by atoms with E-state index in [4.69, 9.17) is 8.94 Å². The second-order valence-corrected chi connectivity index (χ2v) is 4.58. The Morgan fingerprint density at radius 1 is 1.35 bits per heavy atom. The number of carbonyl (C=O) groups excluding carboxylic acids is 1. The highest BCUT2D eigenvalue weighted by atomic mass is 16.5. The molecule has 114 valence electrons. The Labute approximate surface area is 128 Å². The van der Waals surface area contributed by atoms with Crippen LogP contribution < -0.4 is 0 Å². The van der Waals surface area contributed by atoms with Gasteiger partial charge in [0.25, 0.3) is 5.89 Å². The van der Waals surface area contributed by atoms with Crippen LogP contribution in [-0.2, 0) is 4.74 Å². The molecule has 4 aromatic heterocycles. The number of aromatic amines is 1. The molecule has 0 aromatic carbocycles. The molecule has 23 heavy (non-hydrogen) atoms. The lowest BCUT2D eigenvalue weighted by Crippen LogP contribution is -1.98. The molecule has 4 aromatic rings. The van der Waals surface area contributed by atoms with E-state index in [0.29, 0.717) is 17.1 Å². The monoisotopic (exact) mass is 311 g/mol. The second-order valence-electron chi connectivity index (χ2n) is 4.58. The zero-order valence-electron chi connectivity index (χ0n) is 11.8. The van der Waals surface area contributed by atoms with Crippen molar-refractivity contribution in [3.63, 3.8) is 0 Å². The molecule has 0 saturated carbocycles. The molecule has 9 heteroatoms. The van der Waals surface area contributed by atoms with Crippen LogP contribution in [0.3, 0.4) is 0 Å². The molecule has 1 N–H and O–H groups in total. The summed E-state index contributed by atoms with van der Waals surface area (Å²) in [7, 11) is 1.29. The van der Waals surface area contributed by atoms with Crippen LogP contribution >= 0.6 is 0 Å². The first kappa shape index (κ1) is 13.2. The van der Waals surface area contributed by atoms with Crippen LogP contribution in [0.4, 0.5) is 0 Å². The topological polar surface area (TPSA) is 120 Å². The van der Waals surface area contributed by atoms with Crippen LogP contribution in [0.25, 0.3) is 34.2 Å². The van der Waals surface area contributed by atoms with Crippen molar-refractivity contribution in [2.24, 2.45) is 0 Å². The summed E-state index contributed by atoms with van der Waals surface area (Å²) in [4.78, 5) is 26.9. The Bertz CT molecular complexity index is 999. The normalized spacial score (nSPS) is 11.0. The first-order chi connectivity index (χ1) is 11.3. The lowest BCUT2D eigenvalue weighted by Gasteiger charge is -1.94. The van der Waals surface area contributed by atoms with E-state index in [-0.39, 0.29) is 17.3 Å². The van der Waals surface area contributed by atoms with Crippen molar-refractivity contribution in [3.8, 4) is 23.2 Å². The molecular formula is C14H9N5O4. The number of esters is 1. The zero-order chi connectivity index (χ0) is 15.8.